The van der Waals surface area contributed by atoms with Crippen molar-refractivity contribution in [2.45, 2.75) is 19.8 Å². The van der Waals surface area contributed by atoms with Gasteiger partial charge in [0.2, 0.25) is 6.79 Å². The number of aromatic carboxylic acids is 1. The van der Waals surface area contributed by atoms with Gasteiger partial charge in [0.15, 0.2) is 11.5 Å². The van der Waals surface area contributed by atoms with Crippen molar-refractivity contribution in [1.82, 2.24) is 4.98 Å². The second-order valence-electron chi connectivity index (χ2n) is 4.89. The van der Waals surface area contributed by atoms with Crippen LogP contribution in [0.4, 0.5) is 0 Å². The van der Waals surface area contributed by atoms with Gasteiger partial charge in [-0.2, -0.15) is 0 Å². The molecule has 0 radical (unpaired) electrons. The molecule has 0 saturated heterocycles. The van der Waals surface area contributed by atoms with E-state index in [1.165, 1.54) is 11.3 Å². The molecule has 1 aromatic carbocycles. The summed E-state index contributed by atoms with van der Waals surface area (Å²) in [5, 5.41) is 9.96. The fourth-order valence-corrected chi connectivity index (χ4v) is 3.69. The highest BCUT2D eigenvalue weighted by Crippen LogP contribution is 2.43. The van der Waals surface area contributed by atoms with Gasteiger partial charge in [0.1, 0.15) is 9.88 Å². The molecule has 0 aliphatic carbocycles. The number of hydrogen-bond donors (Lipinski definition) is 1. The molecule has 7 heteroatoms. The van der Waals surface area contributed by atoms with Crippen LogP contribution in [0.1, 0.15) is 35.1 Å². The van der Waals surface area contributed by atoms with Crippen LogP contribution in [-0.2, 0) is 0 Å². The molecule has 0 fully saturated rings. The number of aromatic nitrogens is 1. The number of fused-ring (bicyclic) bond motifs is 1. The Labute approximate surface area is 133 Å². The topological polar surface area (TPSA) is 68.7 Å². The monoisotopic (exact) mass is 369 g/mol. The lowest BCUT2D eigenvalue weighted by atomic mass is 10.1. The number of carbonyl (C=O) groups is 1. The summed E-state index contributed by atoms with van der Waals surface area (Å²) >= 11 is 4.61. The lowest BCUT2D eigenvalue weighted by Gasteiger charge is -2.03. The molecule has 21 heavy (non-hydrogen) atoms. The first-order valence-corrected chi connectivity index (χ1v) is 7.92. The highest BCUT2D eigenvalue weighted by atomic mass is 79.9. The highest BCUT2D eigenvalue weighted by Gasteiger charge is 2.23. The molecule has 1 aliphatic heterocycles. The summed E-state index contributed by atoms with van der Waals surface area (Å²) in [7, 11) is 0. The van der Waals surface area contributed by atoms with Crippen LogP contribution in [0.25, 0.3) is 10.6 Å². The largest absolute Gasteiger partial charge is 0.477 e. The summed E-state index contributed by atoms with van der Waals surface area (Å²) in [5.41, 5.74) is 1.42. The van der Waals surface area contributed by atoms with Crippen LogP contribution >= 0.6 is 27.3 Å². The zero-order valence-electron chi connectivity index (χ0n) is 11.3. The minimum absolute atomic E-state index is 0.0542. The van der Waals surface area contributed by atoms with Crippen molar-refractivity contribution in [3.8, 4) is 22.1 Å². The first kappa shape index (κ1) is 14.3. The van der Waals surface area contributed by atoms with Crippen LogP contribution in [-0.4, -0.2) is 22.9 Å². The smallest absolute Gasteiger partial charge is 0.347 e. The Morgan fingerprint density at radius 2 is 2.19 bits per heavy atom. The van der Waals surface area contributed by atoms with Gasteiger partial charge >= 0.3 is 5.97 Å². The maximum Gasteiger partial charge on any atom is 0.347 e. The van der Waals surface area contributed by atoms with Crippen LogP contribution < -0.4 is 9.47 Å². The number of carboxylic acid groups (broad SMARTS) is 1. The zero-order valence-corrected chi connectivity index (χ0v) is 13.7. The second-order valence-corrected chi connectivity index (χ2v) is 6.74. The molecule has 0 saturated carbocycles. The Hall–Kier alpha value is -1.60. The Kier molecular flexibility index (Phi) is 3.62. The predicted octanol–water partition coefficient (Wildman–Crippen LogP) is 4.12. The molecule has 0 amide bonds. The number of rotatable bonds is 3. The molecule has 3 rings (SSSR count). The molecule has 0 unspecified atom stereocenters. The number of hydrogen-bond acceptors (Lipinski definition) is 5. The van der Waals surface area contributed by atoms with Gasteiger partial charge in [0.05, 0.1) is 10.2 Å². The molecule has 1 aliphatic rings. The Bertz CT molecular complexity index is 726. The van der Waals surface area contributed by atoms with Crippen LogP contribution in [0.3, 0.4) is 0 Å². The van der Waals surface area contributed by atoms with Gasteiger partial charge in [-0.3, -0.25) is 0 Å². The molecule has 110 valence electrons. The van der Waals surface area contributed by atoms with Crippen molar-refractivity contribution in [2.75, 3.05) is 6.79 Å². The Morgan fingerprint density at radius 1 is 1.43 bits per heavy atom. The van der Waals surface area contributed by atoms with Gasteiger partial charge in [-0.1, -0.05) is 13.8 Å². The fourth-order valence-electron chi connectivity index (χ4n) is 2.09. The van der Waals surface area contributed by atoms with Crippen LogP contribution in [0, 0.1) is 0 Å². The second kappa shape index (κ2) is 5.31. The minimum Gasteiger partial charge on any atom is -0.477 e. The highest BCUT2D eigenvalue weighted by molar-refractivity contribution is 9.10. The number of nitrogens with zero attached hydrogens (tertiary/aromatic N) is 1. The lowest BCUT2D eigenvalue weighted by Crippen LogP contribution is -2.00. The van der Waals surface area contributed by atoms with Crippen molar-refractivity contribution in [1.29, 1.82) is 0 Å². The van der Waals surface area contributed by atoms with Crippen molar-refractivity contribution in [3.05, 3.63) is 27.2 Å². The summed E-state index contributed by atoms with van der Waals surface area (Å²) in [6.07, 6.45) is 0. The number of ether oxygens (including phenoxy) is 2. The van der Waals surface area contributed by atoms with Crippen molar-refractivity contribution in [2.24, 2.45) is 0 Å². The fraction of sp³-hybridized carbons (Fsp3) is 0.286. The SMILES string of the molecule is CC(C)c1nc(-c2cc(Br)c3c(c2)OCO3)sc1C(=O)O. The van der Waals surface area contributed by atoms with E-state index in [4.69, 9.17) is 9.47 Å². The number of halogens is 1. The molecule has 1 aromatic heterocycles. The number of benzene rings is 1. The standard InChI is InChI=1S/C14H12BrNO4S/c1-6(2)10-12(14(17)18)21-13(16-10)7-3-8(15)11-9(4-7)19-5-20-11/h3-4,6H,5H2,1-2H3,(H,17,18). The van der Waals surface area contributed by atoms with E-state index in [1.54, 1.807) is 0 Å². The molecular weight excluding hydrogens is 358 g/mol. The van der Waals surface area contributed by atoms with Gasteiger partial charge in [0, 0.05) is 5.56 Å². The third-order valence-electron chi connectivity index (χ3n) is 3.07. The van der Waals surface area contributed by atoms with E-state index in [2.05, 4.69) is 20.9 Å². The zero-order chi connectivity index (χ0) is 15.1. The van der Waals surface area contributed by atoms with E-state index < -0.39 is 5.97 Å². The molecule has 5 nitrogen and oxygen atoms in total. The first-order chi connectivity index (χ1) is 9.97. The summed E-state index contributed by atoms with van der Waals surface area (Å²) < 4.78 is 11.5. The molecule has 0 bridgehead atoms. The normalized spacial score (nSPS) is 13.0. The molecular formula is C14H12BrNO4S. The molecule has 2 heterocycles. The maximum atomic E-state index is 11.3. The van der Waals surface area contributed by atoms with Crippen molar-refractivity contribution >= 4 is 33.2 Å². The Morgan fingerprint density at radius 3 is 2.81 bits per heavy atom. The molecule has 0 spiro atoms. The average molecular weight is 370 g/mol. The van der Waals surface area contributed by atoms with Gasteiger partial charge in [-0.25, -0.2) is 9.78 Å². The van der Waals surface area contributed by atoms with Crippen molar-refractivity contribution in [3.63, 3.8) is 0 Å². The average Bonchev–Trinajstić information content (AvgIpc) is 3.05. The minimum atomic E-state index is -0.942. The van der Waals surface area contributed by atoms with Crippen LogP contribution in [0.15, 0.2) is 16.6 Å². The van der Waals surface area contributed by atoms with E-state index in [0.29, 0.717) is 22.2 Å². The summed E-state index contributed by atoms with van der Waals surface area (Å²) in [5.74, 6) is 0.413. The van der Waals surface area contributed by atoms with E-state index in [9.17, 15) is 9.90 Å². The third-order valence-corrected chi connectivity index (χ3v) is 4.77. The van der Waals surface area contributed by atoms with E-state index in [1.807, 2.05) is 26.0 Å². The molecule has 1 N–H and O–H groups in total. The molecule has 2 aromatic rings. The quantitative estimate of drug-likeness (QED) is 0.880. The maximum absolute atomic E-state index is 11.3. The first-order valence-electron chi connectivity index (χ1n) is 6.31. The number of thiazole rings is 1. The third kappa shape index (κ3) is 2.51. The Balaban J connectivity index is 2.11. The van der Waals surface area contributed by atoms with Gasteiger partial charge < -0.3 is 14.6 Å². The number of carboxylic acids is 1. The van der Waals surface area contributed by atoms with Gasteiger partial charge in [-0.05, 0) is 34.0 Å². The van der Waals surface area contributed by atoms with Gasteiger partial charge in [0.25, 0.3) is 0 Å². The molecule has 0 atom stereocenters. The predicted molar refractivity (Wildman–Crippen MR) is 82.4 cm³/mol. The van der Waals surface area contributed by atoms with E-state index >= 15 is 0 Å². The van der Waals surface area contributed by atoms with E-state index in [0.717, 1.165) is 10.0 Å². The van der Waals surface area contributed by atoms with Crippen LogP contribution in [0.2, 0.25) is 0 Å². The summed E-state index contributed by atoms with van der Waals surface area (Å²) in [6.45, 7) is 4.05. The lowest BCUT2D eigenvalue weighted by molar-refractivity contribution is 0.0700. The van der Waals surface area contributed by atoms with Crippen LogP contribution in [0.5, 0.6) is 11.5 Å². The van der Waals surface area contributed by atoms with Crippen molar-refractivity contribution < 1.29 is 19.4 Å². The summed E-state index contributed by atoms with van der Waals surface area (Å²) in [4.78, 5) is 16.1. The summed E-state index contributed by atoms with van der Waals surface area (Å²) in [6, 6.07) is 3.68. The van der Waals surface area contributed by atoms with Gasteiger partial charge in [-0.15, -0.1) is 11.3 Å². The van der Waals surface area contributed by atoms with E-state index in [-0.39, 0.29) is 17.6 Å².